The third kappa shape index (κ3) is 2.80. The number of hydrogen-bond donors (Lipinski definition) is 4. The largest absolute Gasteiger partial charge is 0.486 e. The van der Waals surface area contributed by atoms with Crippen molar-refractivity contribution in [2.45, 2.75) is 39.1 Å². The standard InChI is InChI=1S/C19H20ClN3O3/c1-9-4-5-13(12(20)6-9)21-18-22-14-7-10(17(24)25)16-11(15(14)23-18)8-19(2,3)26-16/h4-7,18,21-23H,8H2,1-3H3,(H,24,25). The molecule has 2 aliphatic heterocycles. The molecule has 136 valence electrons. The smallest absolute Gasteiger partial charge is 0.339 e. The second kappa shape index (κ2) is 5.71. The number of carboxylic acids is 1. The Kier molecular flexibility index (Phi) is 3.70. The van der Waals surface area contributed by atoms with Crippen molar-refractivity contribution >= 4 is 34.6 Å². The van der Waals surface area contributed by atoms with Crippen LogP contribution in [-0.2, 0) is 6.42 Å². The van der Waals surface area contributed by atoms with Crippen LogP contribution < -0.4 is 20.7 Å². The van der Waals surface area contributed by atoms with Gasteiger partial charge in [-0.15, -0.1) is 0 Å². The number of rotatable bonds is 3. The monoisotopic (exact) mass is 373 g/mol. The Morgan fingerprint density at radius 1 is 1.35 bits per heavy atom. The maximum absolute atomic E-state index is 11.7. The molecule has 0 radical (unpaired) electrons. The normalized spacial score (nSPS) is 19.0. The molecule has 0 amide bonds. The molecule has 2 aromatic carbocycles. The van der Waals surface area contributed by atoms with E-state index in [1.807, 2.05) is 39.0 Å². The van der Waals surface area contributed by atoms with E-state index < -0.39 is 11.6 Å². The molecule has 6 nitrogen and oxygen atoms in total. The maximum Gasteiger partial charge on any atom is 0.339 e. The Hall–Kier alpha value is -2.60. The zero-order chi connectivity index (χ0) is 18.6. The molecule has 0 bridgehead atoms. The van der Waals surface area contributed by atoms with E-state index in [0.29, 0.717) is 17.2 Å². The topological polar surface area (TPSA) is 82.6 Å². The van der Waals surface area contributed by atoms with Crippen LogP contribution in [0.1, 0.15) is 35.3 Å². The highest BCUT2D eigenvalue weighted by Gasteiger charge is 2.39. The minimum absolute atomic E-state index is 0.174. The molecule has 0 aromatic heterocycles. The lowest BCUT2D eigenvalue weighted by atomic mass is 9.98. The molecule has 2 aliphatic rings. The average Bonchev–Trinajstić information content (AvgIpc) is 3.08. The first-order valence-electron chi connectivity index (χ1n) is 8.41. The number of anilines is 3. The van der Waals surface area contributed by atoms with Crippen LogP contribution in [0.5, 0.6) is 5.75 Å². The summed E-state index contributed by atoms with van der Waals surface area (Å²) < 4.78 is 5.91. The molecule has 2 heterocycles. The van der Waals surface area contributed by atoms with Gasteiger partial charge in [-0.3, -0.25) is 0 Å². The third-order valence-electron chi connectivity index (χ3n) is 4.60. The van der Waals surface area contributed by atoms with Crippen LogP contribution in [0.4, 0.5) is 17.1 Å². The van der Waals surface area contributed by atoms with Gasteiger partial charge in [0, 0.05) is 12.0 Å². The maximum atomic E-state index is 11.7. The molecule has 0 aliphatic carbocycles. The van der Waals surface area contributed by atoms with Crippen LogP contribution in [0.3, 0.4) is 0 Å². The van der Waals surface area contributed by atoms with Crippen molar-refractivity contribution in [2.75, 3.05) is 16.0 Å². The number of halogens is 1. The van der Waals surface area contributed by atoms with Gasteiger partial charge in [0.2, 0.25) is 0 Å². The first-order chi connectivity index (χ1) is 12.2. The lowest BCUT2D eigenvalue weighted by Gasteiger charge is -2.18. The van der Waals surface area contributed by atoms with E-state index >= 15 is 0 Å². The number of carbonyl (C=O) groups is 1. The number of nitrogens with one attached hydrogen (secondary N) is 3. The molecule has 26 heavy (non-hydrogen) atoms. The lowest BCUT2D eigenvalue weighted by molar-refractivity contribution is 0.0685. The van der Waals surface area contributed by atoms with Gasteiger partial charge in [-0.1, -0.05) is 17.7 Å². The number of aryl methyl sites for hydroxylation is 1. The Balaban J connectivity index is 1.66. The number of ether oxygens (including phenoxy) is 1. The van der Waals surface area contributed by atoms with Crippen molar-refractivity contribution in [3.05, 3.63) is 46.0 Å². The fourth-order valence-electron chi connectivity index (χ4n) is 3.48. The van der Waals surface area contributed by atoms with E-state index in [9.17, 15) is 9.90 Å². The molecular weight excluding hydrogens is 354 g/mol. The number of carboxylic acid groups (broad SMARTS) is 1. The summed E-state index contributed by atoms with van der Waals surface area (Å²) in [5.41, 5.74) is 4.11. The van der Waals surface area contributed by atoms with Crippen molar-refractivity contribution in [3.63, 3.8) is 0 Å². The van der Waals surface area contributed by atoms with E-state index in [1.54, 1.807) is 6.07 Å². The Bertz CT molecular complexity index is 927. The molecule has 0 saturated heterocycles. The fourth-order valence-corrected chi connectivity index (χ4v) is 3.77. The van der Waals surface area contributed by atoms with E-state index in [0.717, 1.165) is 28.2 Å². The molecule has 2 aromatic rings. The fraction of sp³-hybridized carbons (Fsp3) is 0.316. The summed E-state index contributed by atoms with van der Waals surface area (Å²) in [4.78, 5) is 11.7. The molecule has 0 saturated carbocycles. The summed E-state index contributed by atoms with van der Waals surface area (Å²) in [6.07, 6.45) is 0.334. The van der Waals surface area contributed by atoms with Gasteiger partial charge in [0.25, 0.3) is 0 Å². The van der Waals surface area contributed by atoms with Gasteiger partial charge in [0.1, 0.15) is 16.9 Å². The molecule has 4 rings (SSSR count). The first-order valence-corrected chi connectivity index (χ1v) is 8.79. The number of hydrogen-bond acceptors (Lipinski definition) is 5. The van der Waals surface area contributed by atoms with Gasteiger partial charge in [-0.05, 0) is 44.5 Å². The van der Waals surface area contributed by atoms with Gasteiger partial charge in [0.15, 0.2) is 6.29 Å². The highest BCUT2D eigenvalue weighted by Crippen LogP contribution is 2.47. The molecule has 1 atom stereocenters. The molecule has 7 heteroatoms. The molecule has 0 spiro atoms. The van der Waals surface area contributed by atoms with Gasteiger partial charge >= 0.3 is 5.97 Å². The Morgan fingerprint density at radius 3 is 2.81 bits per heavy atom. The quantitative estimate of drug-likeness (QED) is 0.642. The second-order valence-electron chi connectivity index (χ2n) is 7.35. The SMILES string of the molecule is Cc1ccc(NC2Nc3cc(C(=O)O)c4c(c3N2)CC(C)(C)O4)c(Cl)c1. The number of fused-ring (bicyclic) bond motifs is 3. The minimum Gasteiger partial charge on any atom is -0.486 e. The number of aromatic carboxylic acids is 1. The van der Waals surface area contributed by atoms with Crippen LogP contribution >= 0.6 is 11.6 Å². The Labute approximate surface area is 156 Å². The van der Waals surface area contributed by atoms with Crippen molar-refractivity contribution in [2.24, 2.45) is 0 Å². The summed E-state index contributed by atoms with van der Waals surface area (Å²) >= 11 is 6.30. The highest BCUT2D eigenvalue weighted by molar-refractivity contribution is 6.33. The predicted octanol–water partition coefficient (Wildman–Crippen LogP) is 4.29. The zero-order valence-corrected chi connectivity index (χ0v) is 15.5. The predicted molar refractivity (Wildman–Crippen MR) is 103 cm³/mol. The molecule has 4 N–H and O–H groups in total. The summed E-state index contributed by atoms with van der Waals surface area (Å²) in [6, 6.07) is 7.40. The third-order valence-corrected chi connectivity index (χ3v) is 4.92. The van der Waals surface area contributed by atoms with E-state index in [1.165, 1.54) is 0 Å². The van der Waals surface area contributed by atoms with Crippen LogP contribution in [-0.4, -0.2) is 23.0 Å². The van der Waals surface area contributed by atoms with E-state index in [2.05, 4.69) is 16.0 Å². The van der Waals surface area contributed by atoms with Gasteiger partial charge < -0.3 is 25.8 Å². The Morgan fingerprint density at radius 2 is 2.12 bits per heavy atom. The lowest BCUT2D eigenvalue weighted by Crippen LogP contribution is -2.31. The average molecular weight is 374 g/mol. The van der Waals surface area contributed by atoms with Gasteiger partial charge in [0.05, 0.1) is 22.1 Å². The summed E-state index contributed by atoms with van der Waals surface area (Å²) in [5, 5.41) is 20.1. The van der Waals surface area contributed by atoms with Gasteiger partial charge in [-0.25, -0.2) is 4.79 Å². The second-order valence-corrected chi connectivity index (χ2v) is 7.75. The van der Waals surface area contributed by atoms with E-state index in [4.69, 9.17) is 16.3 Å². The van der Waals surface area contributed by atoms with Crippen LogP contribution in [0.25, 0.3) is 0 Å². The van der Waals surface area contributed by atoms with Crippen LogP contribution in [0.15, 0.2) is 24.3 Å². The van der Waals surface area contributed by atoms with E-state index in [-0.39, 0.29) is 11.9 Å². The zero-order valence-electron chi connectivity index (χ0n) is 14.7. The van der Waals surface area contributed by atoms with Crippen LogP contribution in [0, 0.1) is 6.92 Å². The van der Waals surface area contributed by atoms with Crippen LogP contribution in [0.2, 0.25) is 5.02 Å². The number of benzene rings is 2. The molecule has 0 fully saturated rings. The molecule has 1 unspecified atom stereocenters. The summed E-state index contributed by atoms with van der Waals surface area (Å²) in [5.74, 6) is -0.550. The summed E-state index contributed by atoms with van der Waals surface area (Å²) in [7, 11) is 0. The van der Waals surface area contributed by atoms with Gasteiger partial charge in [-0.2, -0.15) is 0 Å². The van der Waals surface area contributed by atoms with Crippen molar-refractivity contribution < 1.29 is 14.6 Å². The van der Waals surface area contributed by atoms with Crippen molar-refractivity contribution in [3.8, 4) is 5.75 Å². The summed E-state index contributed by atoms with van der Waals surface area (Å²) in [6.45, 7) is 5.89. The minimum atomic E-state index is -0.999. The van der Waals surface area contributed by atoms with Crippen molar-refractivity contribution in [1.82, 2.24) is 0 Å². The van der Waals surface area contributed by atoms with Crippen molar-refractivity contribution in [1.29, 1.82) is 0 Å². The molecular formula is C19H20ClN3O3. The first kappa shape index (κ1) is 16.8. The highest BCUT2D eigenvalue weighted by atomic mass is 35.5.